The summed E-state index contributed by atoms with van der Waals surface area (Å²) >= 11 is 0. The Kier molecular flexibility index (Phi) is 4.73. The summed E-state index contributed by atoms with van der Waals surface area (Å²) in [6.45, 7) is 4.05. The molecular weight excluding hydrogens is 326 g/mol. The van der Waals surface area contributed by atoms with Crippen LogP contribution in [-0.2, 0) is 17.9 Å². The van der Waals surface area contributed by atoms with E-state index in [9.17, 15) is 4.79 Å². The molecule has 3 heterocycles. The summed E-state index contributed by atoms with van der Waals surface area (Å²) in [7, 11) is 0. The van der Waals surface area contributed by atoms with E-state index in [4.69, 9.17) is 0 Å². The minimum Gasteiger partial charge on any atom is -0.338 e. The van der Waals surface area contributed by atoms with Crippen molar-refractivity contribution in [3.63, 3.8) is 0 Å². The molecule has 1 aliphatic rings. The van der Waals surface area contributed by atoms with Crippen molar-refractivity contribution in [3.05, 3.63) is 48.5 Å². The number of rotatable bonds is 5. The Hall–Kier alpha value is -2.63. The first-order valence-corrected chi connectivity index (χ1v) is 9.41. The van der Waals surface area contributed by atoms with E-state index < -0.39 is 0 Å². The first-order chi connectivity index (χ1) is 12.7. The lowest BCUT2D eigenvalue weighted by molar-refractivity contribution is -0.135. The van der Waals surface area contributed by atoms with E-state index in [1.807, 2.05) is 52.7 Å². The van der Waals surface area contributed by atoms with Gasteiger partial charge in [0.15, 0.2) is 0 Å². The molecule has 1 saturated heterocycles. The van der Waals surface area contributed by atoms with Crippen LogP contribution >= 0.6 is 0 Å². The molecule has 1 fully saturated rings. The van der Waals surface area contributed by atoms with Gasteiger partial charge >= 0.3 is 0 Å². The molecular formula is C20H25N5O. The second kappa shape index (κ2) is 7.32. The van der Waals surface area contributed by atoms with Crippen molar-refractivity contribution in [2.24, 2.45) is 0 Å². The van der Waals surface area contributed by atoms with E-state index in [0.29, 0.717) is 12.6 Å². The summed E-state index contributed by atoms with van der Waals surface area (Å²) < 4.78 is 3.99. The van der Waals surface area contributed by atoms with Crippen LogP contribution in [0.3, 0.4) is 0 Å². The van der Waals surface area contributed by atoms with Gasteiger partial charge in [-0.25, -0.2) is 4.98 Å². The zero-order valence-corrected chi connectivity index (χ0v) is 15.2. The Morgan fingerprint density at radius 1 is 1.23 bits per heavy atom. The summed E-state index contributed by atoms with van der Waals surface area (Å²) in [4.78, 5) is 19.8. The highest BCUT2D eigenvalue weighted by Crippen LogP contribution is 2.22. The average Bonchev–Trinajstić information content (AvgIpc) is 3.28. The first kappa shape index (κ1) is 16.8. The van der Waals surface area contributed by atoms with Crippen molar-refractivity contribution >= 4 is 16.9 Å². The van der Waals surface area contributed by atoms with E-state index in [1.165, 1.54) is 6.42 Å². The van der Waals surface area contributed by atoms with E-state index in [1.54, 1.807) is 6.20 Å². The van der Waals surface area contributed by atoms with E-state index >= 15 is 0 Å². The second-order valence-electron chi connectivity index (χ2n) is 7.03. The maximum absolute atomic E-state index is 13.1. The van der Waals surface area contributed by atoms with Gasteiger partial charge in [0, 0.05) is 31.5 Å². The largest absolute Gasteiger partial charge is 0.338 e. The van der Waals surface area contributed by atoms with Gasteiger partial charge in [-0.3, -0.25) is 9.48 Å². The van der Waals surface area contributed by atoms with Crippen molar-refractivity contribution in [3.8, 4) is 0 Å². The minimum atomic E-state index is 0.196. The van der Waals surface area contributed by atoms with Gasteiger partial charge in [-0.2, -0.15) is 5.10 Å². The van der Waals surface area contributed by atoms with Crippen molar-refractivity contribution < 1.29 is 4.79 Å². The van der Waals surface area contributed by atoms with Crippen molar-refractivity contribution in [2.45, 2.75) is 51.7 Å². The van der Waals surface area contributed by atoms with E-state index in [0.717, 1.165) is 49.2 Å². The van der Waals surface area contributed by atoms with Crippen molar-refractivity contribution in [2.75, 3.05) is 6.54 Å². The molecule has 3 aromatic rings. The normalized spacial score (nSPS) is 17.7. The molecule has 0 bridgehead atoms. The molecule has 1 aromatic carbocycles. The minimum absolute atomic E-state index is 0.196. The predicted molar refractivity (Wildman–Crippen MR) is 101 cm³/mol. The molecule has 4 rings (SSSR count). The number of likely N-dealkylation sites (tertiary alicyclic amines) is 1. The lowest BCUT2D eigenvalue weighted by Gasteiger charge is -2.36. The highest BCUT2D eigenvalue weighted by molar-refractivity contribution is 5.81. The zero-order valence-electron chi connectivity index (χ0n) is 15.2. The lowest BCUT2D eigenvalue weighted by Crippen LogP contribution is -2.45. The molecule has 0 radical (unpaired) electrons. The number of para-hydroxylation sites is 2. The van der Waals surface area contributed by atoms with Gasteiger partial charge in [-0.05, 0) is 50.8 Å². The van der Waals surface area contributed by atoms with Crippen LogP contribution in [0.2, 0.25) is 0 Å². The van der Waals surface area contributed by atoms with Gasteiger partial charge < -0.3 is 9.47 Å². The summed E-state index contributed by atoms with van der Waals surface area (Å²) in [5.41, 5.74) is 1.98. The molecule has 0 saturated carbocycles. The predicted octanol–water partition coefficient (Wildman–Crippen LogP) is 3.01. The van der Waals surface area contributed by atoms with Crippen LogP contribution in [0.25, 0.3) is 11.0 Å². The summed E-state index contributed by atoms with van der Waals surface area (Å²) in [5, 5.41) is 4.28. The Labute approximate surface area is 153 Å². The third-order valence-electron chi connectivity index (χ3n) is 5.34. The van der Waals surface area contributed by atoms with Crippen LogP contribution in [-0.4, -0.2) is 42.7 Å². The number of aromatic nitrogens is 4. The smallest absolute Gasteiger partial charge is 0.242 e. The fraction of sp³-hybridized carbons (Fsp3) is 0.450. The molecule has 1 aliphatic heterocycles. The van der Waals surface area contributed by atoms with Crippen LogP contribution in [0.15, 0.2) is 42.7 Å². The molecule has 6 nitrogen and oxygen atoms in total. The summed E-state index contributed by atoms with van der Waals surface area (Å²) in [5.74, 6) is 1.09. The molecule has 1 amide bonds. The molecule has 0 spiro atoms. The third kappa shape index (κ3) is 3.36. The maximum atomic E-state index is 13.1. The second-order valence-corrected chi connectivity index (χ2v) is 7.03. The van der Waals surface area contributed by atoms with Gasteiger partial charge in [0.1, 0.15) is 12.4 Å². The van der Waals surface area contributed by atoms with Crippen molar-refractivity contribution in [1.82, 2.24) is 24.2 Å². The third-order valence-corrected chi connectivity index (χ3v) is 5.34. The molecule has 6 heteroatoms. The molecule has 136 valence electrons. The highest BCUT2D eigenvalue weighted by Gasteiger charge is 2.27. The van der Waals surface area contributed by atoms with Gasteiger partial charge in [-0.15, -0.1) is 0 Å². The number of amides is 1. The quantitative estimate of drug-likeness (QED) is 0.710. The van der Waals surface area contributed by atoms with Gasteiger partial charge in [0.25, 0.3) is 0 Å². The molecule has 0 N–H and O–H groups in total. The fourth-order valence-corrected chi connectivity index (χ4v) is 3.96. The Balaban J connectivity index is 1.48. The van der Waals surface area contributed by atoms with Crippen LogP contribution in [0.1, 0.15) is 31.5 Å². The molecule has 2 aromatic heterocycles. The van der Waals surface area contributed by atoms with Crippen LogP contribution in [0, 0.1) is 6.92 Å². The van der Waals surface area contributed by atoms with Gasteiger partial charge in [0.2, 0.25) is 5.91 Å². The summed E-state index contributed by atoms with van der Waals surface area (Å²) in [6, 6.07) is 10.3. The standard InChI is InChI=1S/C20H25N5O/c1-16-22-18-8-2-3-9-19(18)25(16)15-20(26)24-13-5-4-7-17(24)10-14-23-12-6-11-21-23/h2-3,6,8-9,11-12,17H,4-5,7,10,13-15H2,1H3. The zero-order chi connectivity index (χ0) is 17.9. The van der Waals surface area contributed by atoms with Crippen LogP contribution < -0.4 is 0 Å². The monoisotopic (exact) mass is 351 g/mol. The Morgan fingerprint density at radius 2 is 2.12 bits per heavy atom. The van der Waals surface area contributed by atoms with E-state index in [-0.39, 0.29) is 5.91 Å². The number of carbonyl (C=O) groups is 1. The number of benzene rings is 1. The maximum Gasteiger partial charge on any atom is 0.242 e. The molecule has 1 atom stereocenters. The number of hydrogen-bond donors (Lipinski definition) is 0. The number of nitrogens with zero attached hydrogens (tertiary/aromatic N) is 5. The van der Waals surface area contributed by atoms with Crippen LogP contribution in [0.4, 0.5) is 0 Å². The number of hydrogen-bond acceptors (Lipinski definition) is 3. The Bertz CT molecular complexity index is 883. The lowest BCUT2D eigenvalue weighted by atomic mass is 9.99. The average molecular weight is 351 g/mol. The number of imidazole rings is 1. The van der Waals surface area contributed by atoms with Crippen molar-refractivity contribution in [1.29, 1.82) is 0 Å². The molecule has 1 unspecified atom stereocenters. The fourth-order valence-electron chi connectivity index (χ4n) is 3.96. The molecule has 26 heavy (non-hydrogen) atoms. The molecule has 0 aliphatic carbocycles. The summed E-state index contributed by atoms with van der Waals surface area (Å²) in [6.07, 6.45) is 8.11. The van der Waals surface area contributed by atoms with Crippen LogP contribution in [0.5, 0.6) is 0 Å². The number of piperidine rings is 1. The topological polar surface area (TPSA) is 56.0 Å². The SMILES string of the molecule is Cc1nc2ccccc2n1CC(=O)N1CCCCC1CCn1cccn1. The Morgan fingerprint density at radius 3 is 2.96 bits per heavy atom. The van der Waals surface area contributed by atoms with E-state index in [2.05, 4.69) is 15.0 Å². The van der Waals surface area contributed by atoms with Gasteiger partial charge in [0.05, 0.1) is 11.0 Å². The first-order valence-electron chi connectivity index (χ1n) is 9.41. The number of aryl methyl sites for hydroxylation is 2. The highest BCUT2D eigenvalue weighted by atomic mass is 16.2. The number of fused-ring (bicyclic) bond motifs is 1. The number of carbonyl (C=O) groups excluding carboxylic acids is 1. The van der Waals surface area contributed by atoms with Gasteiger partial charge in [-0.1, -0.05) is 12.1 Å².